The van der Waals surface area contributed by atoms with Gasteiger partial charge in [-0.05, 0) is 24.7 Å². The standard InChI is InChI=1S/C19H26N4O6/c1-10(2)16-20-15(21-29-16)14-9-28-6-5-23(14)18(25)17(24)22-7-12(11-3-4-11)13(8-22)19(26)27/h10-14H,3-9H2,1-2H3,(H,26,27)/t12-,13+,14?/m0/s1. The van der Waals surface area contributed by atoms with Gasteiger partial charge in [0, 0.05) is 25.6 Å². The summed E-state index contributed by atoms with van der Waals surface area (Å²) in [6.45, 7) is 4.97. The molecule has 3 heterocycles. The summed E-state index contributed by atoms with van der Waals surface area (Å²) in [6.07, 6.45) is 1.98. The number of carboxylic acid groups (broad SMARTS) is 1. The predicted molar refractivity (Wildman–Crippen MR) is 97.6 cm³/mol. The van der Waals surface area contributed by atoms with Crippen LogP contribution in [0.25, 0.3) is 0 Å². The highest BCUT2D eigenvalue weighted by Crippen LogP contribution is 2.44. The average Bonchev–Trinajstić information content (AvgIpc) is 3.26. The molecule has 10 nitrogen and oxygen atoms in total. The minimum absolute atomic E-state index is 0.0449. The molecule has 10 heteroatoms. The van der Waals surface area contributed by atoms with Gasteiger partial charge in [-0.25, -0.2) is 0 Å². The maximum Gasteiger partial charge on any atom is 0.312 e. The zero-order valence-electron chi connectivity index (χ0n) is 16.6. The fourth-order valence-corrected chi connectivity index (χ4v) is 4.19. The summed E-state index contributed by atoms with van der Waals surface area (Å²) < 4.78 is 10.7. The summed E-state index contributed by atoms with van der Waals surface area (Å²) in [5, 5.41) is 13.5. The first-order valence-electron chi connectivity index (χ1n) is 10.1. The second-order valence-electron chi connectivity index (χ2n) is 8.39. The molecule has 1 unspecified atom stereocenters. The molecule has 1 N–H and O–H groups in total. The molecule has 0 radical (unpaired) electrons. The lowest BCUT2D eigenvalue weighted by Crippen LogP contribution is -2.50. The molecular formula is C19H26N4O6. The molecule has 1 aliphatic carbocycles. The smallest absolute Gasteiger partial charge is 0.312 e. The van der Waals surface area contributed by atoms with Crippen LogP contribution in [0.1, 0.15) is 50.4 Å². The Balaban J connectivity index is 1.49. The number of hydrogen-bond acceptors (Lipinski definition) is 7. The monoisotopic (exact) mass is 406 g/mol. The molecule has 1 aromatic heterocycles. The lowest BCUT2D eigenvalue weighted by atomic mass is 9.92. The highest BCUT2D eigenvalue weighted by molar-refractivity contribution is 6.35. The highest BCUT2D eigenvalue weighted by Gasteiger charge is 2.48. The molecule has 3 fully saturated rings. The van der Waals surface area contributed by atoms with Crippen LogP contribution >= 0.6 is 0 Å². The molecule has 0 spiro atoms. The van der Waals surface area contributed by atoms with Gasteiger partial charge in [0.1, 0.15) is 6.04 Å². The Bertz CT molecular complexity index is 804. The number of carbonyl (C=O) groups is 3. The molecule has 2 saturated heterocycles. The van der Waals surface area contributed by atoms with Gasteiger partial charge < -0.3 is 24.2 Å². The molecule has 29 heavy (non-hydrogen) atoms. The van der Waals surface area contributed by atoms with Gasteiger partial charge in [0.2, 0.25) is 5.89 Å². The van der Waals surface area contributed by atoms with E-state index in [0.29, 0.717) is 30.8 Å². The van der Waals surface area contributed by atoms with Crippen LogP contribution in [-0.4, -0.2) is 75.7 Å². The van der Waals surface area contributed by atoms with E-state index in [2.05, 4.69) is 10.1 Å². The van der Waals surface area contributed by atoms with Crippen LogP contribution in [0.3, 0.4) is 0 Å². The molecule has 2 aliphatic heterocycles. The zero-order valence-corrected chi connectivity index (χ0v) is 16.6. The lowest BCUT2D eigenvalue weighted by Gasteiger charge is -2.34. The van der Waals surface area contributed by atoms with Crippen molar-refractivity contribution in [3.63, 3.8) is 0 Å². The second kappa shape index (κ2) is 7.74. The molecule has 0 bridgehead atoms. The van der Waals surface area contributed by atoms with Crippen LogP contribution in [0.2, 0.25) is 0 Å². The Hall–Kier alpha value is -2.49. The Labute approximate surface area is 168 Å². The van der Waals surface area contributed by atoms with Gasteiger partial charge in [-0.3, -0.25) is 14.4 Å². The lowest BCUT2D eigenvalue weighted by molar-refractivity contribution is -0.157. The first-order valence-corrected chi connectivity index (χ1v) is 10.1. The number of morpholine rings is 1. The maximum atomic E-state index is 13.0. The van der Waals surface area contributed by atoms with Crippen LogP contribution in [0.5, 0.6) is 0 Å². The van der Waals surface area contributed by atoms with Crippen LogP contribution in [-0.2, 0) is 19.1 Å². The second-order valence-corrected chi connectivity index (χ2v) is 8.39. The van der Waals surface area contributed by atoms with Crippen molar-refractivity contribution in [3.05, 3.63) is 11.7 Å². The van der Waals surface area contributed by atoms with Crippen molar-refractivity contribution >= 4 is 17.8 Å². The van der Waals surface area contributed by atoms with Crippen molar-refractivity contribution < 1.29 is 28.8 Å². The topological polar surface area (TPSA) is 126 Å². The predicted octanol–water partition coefficient (Wildman–Crippen LogP) is 0.662. The first kappa shape index (κ1) is 19.8. The summed E-state index contributed by atoms with van der Waals surface area (Å²) >= 11 is 0. The van der Waals surface area contributed by atoms with Crippen molar-refractivity contribution in [1.82, 2.24) is 19.9 Å². The van der Waals surface area contributed by atoms with E-state index in [0.717, 1.165) is 12.8 Å². The minimum atomic E-state index is -0.901. The molecule has 1 saturated carbocycles. The summed E-state index contributed by atoms with van der Waals surface area (Å²) in [7, 11) is 0. The van der Waals surface area contributed by atoms with Crippen molar-refractivity contribution in [1.29, 1.82) is 0 Å². The van der Waals surface area contributed by atoms with Crippen LogP contribution in [0.15, 0.2) is 4.52 Å². The van der Waals surface area contributed by atoms with Gasteiger partial charge in [-0.1, -0.05) is 19.0 Å². The van der Waals surface area contributed by atoms with Crippen molar-refractivity contribution in [3.8, 4) is 0 Å². The zero-order chi connectivity index (χ0) is 20.7. The third-order valence-corrected chi connectivity index (χ3v) is 6.02. The van der Waals surface area contributed by atoms with E-state index in [9.17, 15) is 19.5 Å². The van der Waals surface area contributed by atoms with E-state index in [1.54, 1.807) is 0 Å². The third-order valence-electron chi connectivity index (χ3n) is 6.02. The fraction of sp³-hybridized carbons (Fsp3) is 0.737. The Kier molecular flexibility index (Phi) is 5.28. The van der Waals surface area contributed by atoms with E-state index in [1.807, 2.05) is 13.8 Å². The highest BCUT2D eigenvalue weighted by atomic mass is 16.5. The van der Waals surface area contributed by atoms with E-state index in [-0.39, 0.29) is 31.5 Å². The fourth-order valence-electron chi connectivity index (χ4n) is 4.19. The first-order chi connectivity index (χ1) is 13.9. The van der Waals surface area contributed by atoms with E-state index < -0.39 is 29.7 Å². The van der Waals surface area contributed by atoms with Crippen LogP contribution < -0.4 is 0 Å². The van der Waals surface area contributed by atoms with Crippen molar-refractivity contribution in [2.75, 3.05) is 32.8 Å². The van der Waals surface area contributed by atoms with Crippen LogP contribution in [0.4, 0.5) is 0 Å². The summed E-state index contributed by atoms with van der Waals surface area (Å²) in [5.41, 5.74) is 0. The number of likely N-dealkylation sites (tertiary alicyclic amines) is 1. The number of hydrogen-bond donors (Lipinski definition) is 1. The van der Waals surface area contributed by atoms with E-state index in [4.69, 9.17) is 9.26 Å². The Morgan fingerprint density at radius 2 is 1.93 bits per heavy atom. The van der Waals surface area contributed by atoms with E-state index in [1.165, 1.54) is 9.80 Å². The summed E-state index contributed by atoms with van der Waals surface area (Å²) in [6, 6.07) is -0.603. The molecule has 158 valence electrons. The van der Waals surface area contributed by atoms with Gasteiger partial charge >= 0.3 is 17.8 Å². The summed E-state index contributed by atoms with van der Waals surface area (Å²) in [5.74, 6) is -1.76. The number of carbonyl (C=O) groups excluding carboxylic acids is 2. The number of rotatable bonds is 4. The quantitative estimate of drug-likeness (QED) is 0.723. The molecule has 2 amide bonds. The van der Waals surface area contributed by atoms with Crippen molar-refractivity contribution in [2.24, 2.45) is 17.8 Å². The van der Waals surface area contributed by atoms with Crippen LogP contribution in [0, 0.1) is 17.8 Å². The number of aromatic nitrogens is 2. The van der Waals surface area contributed by atoms with Gasteiger partial charge in [0.25, 0.3) is 0 Å². The molecule has 1 aromatic rings. The summed E-state index contributed by atoms with van der Waals surface area (Å²) in [4.78, 5) is 44.7. The number of ether oxygens (including phenoxy) is 1. The SMILES string of the molecule is CC(C)c1nc(C2COCCN2C(=O)C(=O)N2C[C@@H](C(=O)O)[C@H](C3CC3)C2)no1. The number of aliphatic carboxylic acids is 1. The number of nitrogens with zero attached hydrogens (tertiary/aromatic N) is 4. The molecule has 4 rings (SSSR count). The normalized spacial score (nSPS) is 27.5. The van der Waals surface area contributed by atoms with Gasteiger partial charge in [0.15, 0.2) is 5.82 Å². The van der Waals surface area contributed by atoms with Gasteiger partial charge in [-0.15, -0.1) is 0 Å². The van der Waals surface area contributed by atoms with E-state index >= 15 is 0 Å². The van der Waals surface area contributed by atoms with Crippen molar-refractivity contribution in [2.45, 2.75) is 38.6 Å². The van der Waals surface area contributed by atoms with Gasteiger partial charge in [0.05, 0.1) is 19.1 Å². The maximum absolute atomic E-state index is 13.0. The van der Waals surface area contributed by atoms with Gasteiger partial charge in [-0.2, -0.15) is 4.98 Å². The minimum Gasteiger partial charge on any atom is -0.481 e. The molecule has 0 aromatic carbocycles. The average molecular weight is 406 g/mol. The molecular weight excluding hydrogens is 380 g/mol. The largest absolute Gasteiger partial charge is 0.481 e. The Morgan fingerprint density at radius 1 is 1.17 bits per heavy atom. The third kappa shape index (κ3) is 3.85. The molecule has 3 aliphatic rings. The Morgan fingerprint density at radius 3 is 2.55 bits per heavy atom. The number of carboxylic acids is 1. The molecule has 3 atom stereocenters. The number of amides is 2.